The third kappa shape index (κ3) is 5.69. The van der Waals surface area contributed by atoms with Crippen LogP contribution >= 0.6 is 11.3 Å². The lowest BCUT2D eigenvalue weighted by atomic mass is 9.99. The highest BCUT2D eigenvalue weighted by molar-refractivity contribution is 7.15. The van der Waals surface area contributed by atoms with E-state index < -0.39 is 12.2 Å². The fraction of sp³-hybridized carbons (Fsp3) is 0.385. The minimum absolute atomic E-state index is 0.264. The highest BCUT2D eigenvalue weighted by atomic mass is 32.1. The zero-order valence-electron chi connectivity index (χ0n) is 21.0. The topological polar surface area (TPSA) is 98.2 Å². The molecule has 2 unspecified atom stereocenters. The predicted molar refractivity (Wildman–Crippen MR) is 142 cm³/mol. The Morgan fingerprint density at radius 1 is 1.14 bits per heavy atom. The zero-order valence-corrected chi connectivity index (χ0v) is 21.9. The molecule has 0 bridgehead atoms. The first-order chi connectivity index (χ1) is 17.6. The van der Waals surface area contributed by atoms with E-state index in [-0.39, 0.29) is 5.91 Å². The molecule has 0 spiro atoms. The summed E-state index contributed by atoms with van der Waals surface area (Å²) in [5, 5.41) is 11.9. The number of thiazole rings is 1. The van der Waals surface area contributed by atoms with Crippen LogP contribution in [0.1, 0.15) is 12.6 Å². The summed E-state index contributed by atoms with van der Waals surface area (Å²) in [6.07, 6.45) is 4.61. The highest BCUT2D eigenvalue weighted by Crippen LogP contribution is 2.31. The van der Waals surface area contributed by atoms with E-state index in [1.807, 2.05) is 30.5 Å². The van der Waals surface area contributed by atoms with Crippen LogP contribution in [0, 0.1) is 0 Å². The molecule has 36 heavy (non-hydrogen) atoms. The average Bonchev–Trinajstić information content (AvgIpc) is 3.49. The number of amides is 1. The second kappa shape index (κ2) is 12.3. The number of nitrogens with one attached hydrogen (secondary N) is 3. The lowest BCUT2D eigenvalue weighted by Crippen LogP contribution is -2.35. The Hall–Kier alpha value is -3.02. The van der Waals surface area contributed by atoms with Gasteiger partial charge in [-0.2, -0.15) is 0 Å². The number of para-hydroxylation sites is 1. The summed E-state index contributed by atoms with van der Waals surface area (Å²) in [6, 6.07) is 7.66. The molecule has 1 amide bonds. The normalized spacial score (nSPS) is 17.7. The Morgan fingerprint density at radius 2 is 1.94 bits per heavy atom. The van der Waals surface area contributed by atoms with Crippen LogP contribution in [0.4, 0.5) is 5.69 Å². The van der Waals surface area contributed by atoms with Crippen molar-refractivity contribution in [3.05, 3.63) is 65.0 Å². The Balaban J connectivity index is 1.54. The first kappa shape index (κ1) is 26.1. The number of carbonyl (C=O) groups is 1. The number of likely N-dealkylation sites (N-methyl/N-ethyl adjacent to an activating group) is 1. The predicted octanol–water partition coefficient (Wildman–Crippen LogP) is 3.20. The van der Waals surface area contributed by atoms with Crippen LogP contribution in [-0.4, -0.2) is 68.5 Å². The average molecular weight is 512 g/mol. The molecule has 0 saturated carbocycles. The van der Waals surface area contributed by atoms with Gasteiger partial charge in [-0.25, -0.2) is 4.98 Å². The molecule has 192 valence electrons. The van der Waals surface area contributed by atoms with Gasteiger partial charge in [0, 0.05) is 62.3 Å². The molecule has 1 aliphatic rings. The number of hydrogen-bond donors (Lipinski definition) is 3. The van der Waals surface area contributed by atoms with Crippen LogP contribution < -0.4 is 16.0 Å². The fourth-order valence-electron chi connectivity index (χ4n) is 4.13. The zero-order chi connectivity index (χ0) is 25.5. The van der Waals surface area contributed by atoms with Gasteiger partial charge in [0.2, 0.25) is 0 Å². The van der Waals surface area contributed by atoms with Crippen LogP contribution in [0.15, 0.2) is 59.3 Å². The molecule has 10 heteroatoms. The molecule has 3 aromatic rings. The molecule has 2 heterocycles. The largest absolute Gasteiger partial charge is 0.498 e. The molecule has 0 radical (unpaired) electrons. The summed E-state index contributed by atoms with van der Waals surface area (Å²) in [7, 11) is 4.71. The lowest BCUT2D eigenvalue weighted by molar-refractivity contribution is -0.112. The van der Waals surface area contributed by atoms with Gasteiger partial charge in [0.25, 0.3) is 5.91 Å². The number of benzene rings is 1. The van der Waals surface area contributed by atoms with E-state index in [1.54, 1.807) is 44.8 Å². The van der Waals surface area contributed by atoms with Crippen molar-refractivity contribution in [3.8, 4) is 11.3 Å². The van der Waals surface area contributed by atoms with Crippen LogP contribution in [-0.2, 0) is 25.5 Å². The second-order valence-electron chi connectivity index (χ2n) is 8.27. The number of fused-ring (bicyclic) bond motifs is 1. The molecule has 0 saturated heterocycles. The number of anilines is 1. The lowest BCUT2D eigenvalue weighted by Gasteiger charge is -2.28. The maximum Gasteiger partial charge on any atom is 0.255 e. The molecule has 2 aromatic heterocycles. The van der Waals surface area contributed by atoms with Crippen molar-refractivity contribution in [2.75, 3.05) is 46.3 Å². The molecule has 0 fully saturated rings. The maximum atomic E-state index is 13.2. The Kier molecular flexibility index (Phi) is 8.89. The minimum Gasteiger partial charge on any atom is -0.498 e. The number of imidazole rings is 1. The van der Waals surface area contributed by atoms with Crippen LogP contribution in [0.2, 0.25) is 0 Å². The van der Waals surface area contributed by atoms with Crippen molar-refractivity contribution in [1.82, 2.24) is 20.0 Å². The third-order valence-electron chi connectivity index (χ3n) is 6.01. The first-order valence-corrected chi connectivity index (χ1v) is 12.8. The Bertz CT molecular complexity index is 1250. The number of rotatable bonds is 12. The van der Waals surface area contributed by atoms with Crippen molar-refractivity contribution in [3.63, 3.8) is 0 Å². The monoisotopic (exact) mass is 511 g/mol. The number of hydrogen-bond acceptors (Lipinski definition) is 8. The highest BCUT2D eigenvalue weighted by Gasteiger charge is 2.30. The summed E-state index contributed by atoms with van der Waals surface area (Å²) < 4.78 is 18.5. The second-order valence-corrected chi connectivity index (χ2v) is 9.10. The van der Waals surface area contributed by atoms with E-state index in [0.29, 0.717) is 17.0 Å². The molecule has 9 nitrogen and oxygen atoms in total. The standard InChI is InChI=1S/C26H33N5O4S/c1-5-27-10-11-28-14-18-16-36-26-30-21(15-31(18)26)19-8-6-7-9-20(19)29-25(32)17-12-22(33-2)24(35-4)23(13-17)34-3/h6-9,12-13,15-16,22,24,27-28H,5,10-11,14H2,1-4H3,(H,29,32). The SMILES string of the molecule is CCNCCNCc1csc2nc(-c3ccccc3NC(=O)C3=CC(OC)C(OC)C(OC)=C3)cn12. The Morgan fingerprint density at radius 3 is 2.69 bits per heavy atom. The number of carbonyl (C=O) groups excluding carboxylic acids is 1. The fourth-order valence-corrected chi connectivity index (χ4v) is 5.01. The minimum atomic E-state index is -0.435. The molecule has 1 aromatic carbocycles. The molecule has 3 N–H and O–H groups in total. The molecular formula is C26H33N5O4S. The van der Waals surface area contributed by atoms with Crippen LogP contribution in [0.3, 0.4) is 0 Å². The molecule has 1 aliphatic carbocycles. The quantitative estimate of drug-likeness (QED) is 0.321. The summed E-state index contributed by atoms with van der Waals surface area (Å²) in [5.41, 5.74) is 3.91. The van der Waals surface area contributed by atoms with Gasteiger partial charge in [0.15, 0.2) is 4.96 Å². The van der Waals surface area contributed by atoms with Gasteiger partial charge in [-0.05, 0) is 24.8 Å². The van der Waals surface area contributed by atoms with E-state index in [2.05, 4.69) is 32.7 Å². The van der Waals surface area contributed by atoms with Gasteiger partial charge in [0.1, 0.15) is 18.0 Å². The number of nitrogens with zero attached hydrogens (tertiary/aromatic N) is 2. The van der Waals surface area contributed by atoms with Gasteiger partial charge >= 0.3 is 0 Å². The molecule has 4 rings (SSSR count). The van der Waals surface area contributed by atoms with Crippen LogP contribution in [0.5, 0.6) is 0 Å². The van der Waals surface area contributed by atoms with Crippen molar-refractivity contribution in [2.45, 2.75) is 25.7 Å². The van der Waals surface area contributed by atoms with Crippen molar-refractivity contribution in [2.24, 2.45) is 0 Å². The van der Waals surface area contributed by atoms with Crippen molar-refractivity contribution in [1.29, 1.82) is 0 Å². The number of ether oxygens (including phenoxy) is 3. The summed E-state index contributed by atoms with van der Waals surface area (Å²) in [6.45, 7) is 5.65. The van der Waals surface area contributed by atoms with Gasteiger partial charge < -0.3 is 30.2 Å². The van der Waals surface area contributed by atoms with E-state index in [4.69, 9.17) is 19.2 Å². The van der Waals surface area contributed by atoms with E-state index in [9.17, 15) is 4.79 Å². The van der Waals surface area contributed by atoms with Crippen molar-refractivity contribution < 1.29 is 19.0 Å². The van der Waals surface area contributed by atoms with Crippen molar-refractivity contribution >= 4 is 27.9 Å². The molecule has 0 aliphatic heterocycles. The third-order valence-corrected chi connectivity index (χ3v) is 6.90. The van der Waals surface area contributed by atoms with E-state index >= 15 is 0 Å². The number of methoxy groups -OCH3 is 3. The summed E-state index contributed by atoms with van der Waals surface area (Å²) >= 11 is 1.60. The number of aromatic nitrogens is 2. The van der Waals surface area contributed by atoms with E-state index in [0.717, 1.165) is 48.1 Å². The molecule has 2 atom stereocenters. The smallest absolute Gasteiger partial charge is 0.255 e. The molecular weight excluding hydrogens is 478 g/mol. The van der Waals surface area contributed by atoms with Crippen LogP contribution in [0.25, 0.3) is 16.2 Å². The van der Waals surface area contributed by atoms with Gasteiger partial charge in [-0.15, -0.1) is 11.3 Å². The Labute approximate surface area is 215 Å². The summed E-state index contributed by atoms with van der Waals surface area (Å²) in [4.78, 5) is 19.0. The van der Waals surface area contributed by atoms with Gasteiger partial charge in [-0.3, -0.25) is 9.20 Å². The van der Waals surface area contributed by atoms with Gasteiger partial charge in [-0.1, -0.05) is 25.1 Å². The summed E-state index contributed by atoms with van der Waals surface area (Å²) in [5.74, 6) is 0.270. The first-order valence-electron chi connectivity index (χ1n) is 11.9. The maximum absolute atomic E-state index is 13.2. The van der Waals surface area contributed by atoms with Gasteiger partial charge in [0.05, 0.1) is 18.5 Å². The van der Waals surface area contributed by atoms with E-state index in [1.165, 1.54) is 0 Å².